The van der Waals surface area contributed by atoms with Crippen LogP contribution >= 0.6 is 23.4 Å². The fraction of sp³-hybridized carbons (Fsp3) is 0.692. The van der Waals surface area contributed by atoms with E-state index < -0.39 is 0 Å². The van der Waals surface area contributed by atoms with E-state index in [0.29, 0.717) is 5.15 Å². The van der Waals surface area contributed by atoms with E-state index in [1.807, 2.05) is 18.7 Å². The zero-order valence-corrected chi connectivity index (χ0v) is 12.0. The van der Waals surface area contributed by atoms with Crippen LogP contribution in [-0.4, -0.2) is 15.2 Å². The fourth-order valence-corrected chi connectivity index (χ4v) is 3.94. The lowest BCUT2D eigenvalue weighted by atomic mass is 9.91. The van der Waals surface area contributed by atoms with Crippen molar-refractivity contribution in [3.63, 3.8) is 0 Å². The smallest absolute Gasteiger partial charge is 0.140 e. The minimum Gasteiger partial charge on any atom is -0.237 e. The standard InChI is InChI=1S/C13H19ClN2S/c1-9-4-3-5-11(6-9)17-8-13-15-10(2)7-12(14)16-13/h7,9,11H,3-6,8H2,1-2H3. The molecule has 0 radical (unpaired) electrons. The summed E-state index contributed by atoms with van der Waals surface area (Å²) in [5, 5.41) is 1.34. The maximum atomic E-state index is 5.93. The third-order valence-electron chi connectivity index (χ3n) is 3.21. The van der Waals surface area contributed by atoms with Crippen molar-refractivity contribution >= 4 is 23.4 Å². The highest BCUT2D eigenvalue weighted by atomic mass is 35.5. The van der Waals surface area contributed by atoms with Gasteiger partial charge in [-0.15, -0.1) is 0 Å². The summed E-state index contributed by atoms with van der Waals surface area (Å²) in [7, 11) is 0. The van der Waals surface area contributed by atoms with Crippen molar-refractivity contribution in [2.75, 3.05) is 0 Å². The lowest BCUT2D eigenvalue weighted by molar-refractivity contribution is 0.394. The Kier molecular flexibility index (Phi) is 4.69. The summed E-state index contributed by atoms with van der Waals surface area (Å²) < 4.78 is 0. The van der Waals surface area contributed by atoms with Crippen LogP contribution in [0.25, 0.3) is 0 Å². The lowest BCUT2D eigenvalue weighted by Gasteiger charge is -2.25. The maximum Gasteiger partial charge on any atom is 0.140 e. The molecule has 1 heterocycles. The molecule has 0 saturated heterocycles. The van der Waals surface area contributed by atoms with Gasteiger partial charge in [-0.05, 0) is 31.7 Å². The van der Waals surface area contributed by atoms with E-state index in [2.05, 4.69) is 16.9 Å². The number of hydrogen-bond acceptors (Lipinski definition) is 3. The van der Waals surface area contributed by atoms with E-state index in [1.165, 1.54) is 25.7 Å². The van der Waals surface area contributed by atoms with Crippen molar-refractivity contribution in [1.29, 1.82) is 0 Å². The summed E-state index contributed by atoms with van der Waals surface area (Å²) in [6.07, 6.45) is 5.44. The molecule has 0 aliphatic heterocycles. The molecule has 1 aliphatic rings. The highest BCUT2D eigenvalue weighted by Crippen LogP contribution is 2.33. The third kappa shape index (κ3) is 4.14. The Morgan fingerprint density at radius 2 is 2.24 bits per heavy atom. The lowest BCUT2D eigenvalue weighted by Crippen LogP contribution is -2.15. The average Bonchev–Trinajstić information content (AvgIpc) is 2.25. The van der Waals surface area contributed by atoms with Crippen molar-refractivity contribution in [1.82, 2.24) is 9.97 Å². The number of thioether (sulfide) groups is 1. The Labute approximate surface area is 113 Å². The molecule has 0 spiro atoms. The molecule has 17 heavy (non-hydrogen) atoms. The Morgan fingerprint density at radius 1 is 1.41 bits per heavy atom. The van der Waals surface area contributed by atoms with Crippen LogP contribution < -0.4 is 0 Å². The quantitative estimate of drug-likeness (QED) is 0.768. The maximum absolute atomic E-state index is 5.93. The summed E-state index contributed by atoms with van der Waals surface area (Å²) in [6, 6.07) is 1.80. The highest BCUT2D eigenvalue weighted by molar-refractivity contribution is 7.99. The predicted octanol–water partition coefficient (Wildman–Crippen LogP) is 4.25. The van der Waals surface area contributed by atoms with Gasteiger partial charge in [-0.3, -0.25) is 0 Å². The first kappa shape index (κ1) is 13.2. The zero-order valence-electron chi connectivity index (χ0n) is 10.4. The SMILES string of the molecule is Cc1cc(Cl)nc(CSC2CCCC(C)C2)n1. The van der Waals surface area contributed by atoms with Gasteiger partial charge in [0.2, 0.25) is 0 Å². The van der Waals surface area contributed by atoms with Gasteiger partial charge in [-0.1, -0.05) is 31.4 Å². The van der Waals surface area contributed by atoms with Gasteiger partial charge in [0.1, 0.15) is 11.0 Å². The molecular formula is C13H19ClN2S. The second kappa shape index (κ2) is 6.05. The van der Waals surface area contributed by atoms with Crippen LogP contribution in [-0.2, 0) is 5.75 Å². The van der Waals surface area contributed by atoms with Gasteiger partial charge in [0.05, 0.1) is 5.75 Å². The fourth-order valence-electron chi connectivity index (χ4n) is 2.38. The van der Waals surface area contributed by atoms with E-state index in [9.17, 15) is 0 Å². The monoisotopic (exact) mass is 270 g/mol. The number of hydrogen-bond donors (Lipinski definition) is 0. The number of halogens is 1. The van der Waals surface area contributed by atoms with E-state index in [1.54, 1.807) is 6.07 Å². The van der Waals surface area contributed by atoms with Crippen molar-refractivity contribution in [2.24, 2.45) is 5.92 Å². The van der Waals surface area contributed by atoms with Gasteiger partial charge in [0.15, 0.2) is 0 Å². The molecule has 1 fully saturated rings. The van der Waals surface area contributed by atoms with Gasteiger partial charge in [-0.25, -0.2) is 9.97 Å². The molecule has 1 aromatic heterocycles. The third-order valence-corrected chi connectivity index (χ3v) is 4.72. The summed E-state index contributed by atoms with van der Waals surface area (Å²) >= 11 is 7.92. The van der Waals surface area contributed by atoms with Crippen LogP contribution in [0.3, 0.4) is 0 Å². The van der Waals surface area contributed by atoms with Crippen LogP contribution in [0.1, 0.15) is 44.1 Å². The molecule has 2 rings (SSSR count). The second-order valence-corrected chi connectivity index (χ2v) is 6.63. The summed E-state index contributed by atoms with van der Waals surface area (Å²) in [6.45, 7) is 4.32. The van der Waals surface area contributed by atoms with Gasteiger partial charge in [0.25, 0.3) is 0 Å². The van der Waals surface area contributed by atoms with Gasteiger partial charge in [0, 0.05) is 10.9 Å². The van der Waals surface area contributed by atoms with Crippen molar-refractivity contribution in [3.05, 3.63) is 22.7 Å². The number of rotatable bonds is 3. The molecule has 0 aromatic carbocycles. The van der Waals surface area contributed by atoms with Gasteiger partial charge >= 0.3 is 0 Å². The molecule has 4 heteroatoms. The van der Waals surface area contributed by atoms with Gasteiger partial charge in [-0.2, -0.15) is 11.8 Å². The minimum absolute atomic E-state index is 0.560. The molecular weight excluding hydrogens is 252 g/mol. The van der Waals surface area contributed by atoms with E-state index >= 15 is 0 Å². The molecule has 1 aliphatic carbocycles. The van der Waals surface area contributed by atoms with Crippen LogP contribution in [0, 0.1) is 12.8 Å². The Morgan fingerprint density at radius 3 is 2.94 bits per heavy atom. The zero-order chi connectivity index (χ0) is 12.3. The van der Waals surface area contributed by atoms with Crippen LogP contribution in [0.4, 0.5) is 0 Å². The summed E-state index contributed by atoms with van der Waals surface area (Å²) in [4.78, 5) is 8.69. The Bertz CT molecular complexity index is 363. The number of aromatic nitrogens is 2. The second-order valence-electron chi connectivity index (χ2n) is 4.95. The molecule has 0 bridgehead atoms. The molecule has 2 atom stereocenters. The molecule has 1 aromatic rings. The predicted molar refractivity (Wildman–Crippen MR) is 74.5 cm³/mol. The van der Waals surface area contributed by atoms with Crippen molar-refractivity contribution in [2.45, 2.75) is 50.5 Å². The van der Waals surface area contributed by atoms with E-state index in [0.717, 1.165) is 28.4 Å². The largest absolute Gasteiger partial charge is 0.237 e. The highest BCUT2D eigenvalue weighted by Gasteiger charge is 2.19. The first-order valence-electron chi connectivity index (χ1n) is 6.25. The van der Waals surface area contributed by atoms with Crippen LogP contribution in [0.15, 0.2) is 6.07 Å². The molecule has 0 N–H and O–H groups in total. The molecule has 2 nitrogen and oxygen atoms in total. The molecule has 94 valence electrons. The molecule has 2 unspecified atom stereocenters. The van der Waals surface area contributed by atoms with Crippen LogP contribution in [0.2, 0.25) is 5.15 Å². The Balaban J connectivity index is 1.88. The first-order chi connectivity index (χ1) is 8.13. The molecule has 0 amide bonds. The van der Waals surface area contributed by atoms with Crippen LogP contribution in [0.5, 0.6) is 0 Å². The first-order valence-corrected chi connectivity index (χ1v) is 7.68. The Hall–Kier alpha value is -0.280. The average molecular weight is 271 g/mol. The van der Waals surface area contributed by atoms with E-state index in [-0.39, 0.29) is 0 Å². The van der Waals surface area contributed by atoms with E-state index in [4.69, 9.17) is 11.6 Å². The number of nitrogens with zero attached hydrogens (tertiary/aromatic N) is 2. The topological polar surface area (TPSA) is 25.8 Å². The summed E-state index contributed by atoms with van der Waals surface area (Å²) in [5.74, 6) is 2.64. The summed E-state index contributed by atoms with van der Waals surface area (Å²) in [5.41, 5.74) is 0.956. The van der Waals surface area contributed by atoms with Crippen molar-refractivity contribution in [3.8, 4) is 0 Å². The normalized spacial score (nSPS) is 24.9. The number of aryl methyl sites for hydroxylation is 1. The minimum atomic E-state index is 0.560. The van der Waals surface area contributed by atoms with Gasteiger partial charge < -0.3 is 0 Å². The van der Waals surface area contributed by atoms with Crippen molar-refractivity contribution < 1.29 is 0 Å². The molecule has 1 saturated carbocycles.